The number of aliphatic carboxylic acids is 1. The zero-order valence-corrected chi connectivity index (χ0v) is 7.32. The van der Waals surface area contributed by atoms with Gasteiger partial charge >= 0.3 is 5.97 Å². The molecule has 0 amide bonds. The lowest BCUT2D eigenvalue weighted by Gasteiger charge is -2.07. The number of ketones is 1. The number of hydrogen-bond acceptors (Lipinski definition) is 2. The van der Waals surface area contributed by atoms with Crippen LogP contribution < -0.4 is 0 Å². The predicted molar refractivity (Wildman–Crippen MR) is 48.3 cm³/mol. The van der Waals surface area contributed by atoms with Gasteiger partial charge < -0.3 is 5.11 Å². The zero-order chi connectivity index (χ0) is 9.84. The maximum absolute atomic E-state index is 10.9. The number of carbonyl (C=O) groups excluding carboxylic acids is 1. The normalized spacial score (nSPS) is 23.2. The van der Waals surface area contributed by atoms with Crippen LogP contribution in [0.1, 0.15) is 19.3 Å². The van der Waals surface area contributed by atoms with Gasteiger partial charge in [-0.25, -0.2) is 4.79 Å². The van der Waals surface area contributed by atoms with Gasteiger partial charge in [-0.05, 0) is 12.3 Å². The molecular weight excluding hydrogens is 168 g/mol. The van der Waals surface area contributed by atoms with Crippen molar-refractivity contribution in [1.29, 1.82) is 0 Å². The summed E-state index contributed by atoms with van der Waals surface area (Å²) in [5, 5.41) is 8.82. The van der Waals surface area contributed by atoms with Gasteiger partial charge in [0.1, 0.15) is 5.78 Å². The summed E-state index contributed by atoms with van der Waals surface area (Å²) in [6.07, 6.45) is 4.46. The van der Waals surface area contributed by atoms with E-state index in [0.29, 0.717) is 24.8 Å². The van der Waals surface area contributed by atoms with Crippen LogP contribution in [-0.2, 0) is 9.59 Å². The lowest BCUT2D eigenvalue weighted by atomic mass is 9.97. The Balaban J connectivity index is 2.77. The molecule has 0 saturated heterocycles. The molecule has 70 valence electrons. The zero-order valence-electron chi connectivity index (χ0n) is 7.32. The first-order valence-corrected chi connectivity index (χ1v) is 4.22. The molecule has 0 aromatic rings. The Morgan fingerprint density at radius 1 is 1.62 bits per heavy atom. The van der Waals surface area contributed by atoms with Gasteiger partial charge in [-0.2, -0.15) is 0 Å². The fraction of sp³-hybridized carbons (Fsp3) is 0.400. The average Bonchev–Trinajstić information content (AvgIpc) is 2.46. The molecule has 1 N–H and O–H groups in total. The van der Waals surface area contributed by atoms with Gasteiger partial charge in [0.05, 0.1) is 0 Å². The van der Waals surface area contributed by atoms with Crippen molar-refractivity contribution in [3.63, 3.8) is 0 Å². The SMILES string of the molecule is C=CC=C(C(=O)O)C1CCC(=O)C1. The molecule has 1 unspecified atom stereocenters. The summed E-state index contributed by atoms with van der Waals surface area (Å²) in [6, 6.07) is 0. The van der Waals surface area contributed by atoms with Crippen molar-refractivity contribution in [2.45, 2.75) is 19.3 Å². The van der Waals surface area contributed by atoms with E-state index in [1.165, 1.54) is 12.2 Å². The van der Waals surface area contributed by atoms with Crippen LogP contribution in [0.5, 0.6) is 0 Å². The van der Waals surface area contributed by atoms with E-state index >= 15 is 0 Å². The highest BCUT2D eigenvalue weighted by molar-refractivity contribution is 5.90. The van der Waals surface area contributed by atoms with Crippen LogP contribution in [0.15, 0.2) is 24.3 Å². The summed E-state index contributed by atoms with van der Waals surface area (Å²) in [4.78, 5) is 21.7. The van der Waals surface area contributed by atoms with E-state index in [0.717, 1.165) is 0 Å². The van der Waals surface area contributed by atoms with Crippen molar-refractivity contribution >= 4 is 11.8 Å². The topological polar surface area (TPSA) is 54.4 Å². The van der Waals surface area contributed by atoms with E-state index in [1.807, 2.05) is 0 Å². The van der Waals surface area contributed by atoms with Crippen molar-refractivity contribution in [3.05, 3.63) is 24.3 Å². The molecule has 3 nitrogen and oxygen atoms in total. The van der Waals surface area contributed by atoms with E-state index in [1.54, 1.807) is 0 Å². The summed E-state index contributed by atoms with van der Waals surface area (Å²) < 4.78 is 0. The molecule has 0 spiro atoms. The fourth-order valence-corrected chi connectivity index (χ4v) is 1.59. The third-order valence-corrected chi connectivity index (χ3v) is 2.23. The fourth-order valence-electron chi connectivity index (χ4n) is 1.59. The average molecular weight is 180 g/mol. The lowest BCUT2D eigenvalue weighted by Crippen LogP contribution is -2.10. The van der Waals surface area contributed by atoms with E-state index < -0.39 is 5.97 Å². The van der Waals surface area contributed by atoms with Gasteiger partial charge in [0.2, 0.25) is 0 Å². The van der Waals surface area contributed by atoms with E-state index in [4.69, 9.17) is 5.11 Å². The Kier molecular flexibility index (Phi) is 3.01. The monoisotopic (exact) mass is 180 g/mol. The van der Waals surface area contributed by atoms with Crippen molar-refractivity contribution < 1.29 is 14.7 Å². The minimum absolute atomic E-state index is 0.108. The molecule has 13 heavy (non-hydrogen) atoms. The van der Waals surface area contributed by atoms with Crippen molar-refractivity contribution in [2.75, 3.05) is 0 Å². The third-order valence-electron chi connectivity index (χ3n) is 2.23. The maximum Gasteiger partial charge on any atom is 0.331 e. The third kappa shape index (κ3) is 2.28. The van der Waals surface area contributed by atoms with Gasteiger partial charge in [0.25, 0.3) is 0 Å². The first kappa shape index (κ1) is 9.71. The molecule has 0 bridgehead atoms. The summed E-state index contributed by atoms with van der Waals surface area (Å²) in [6.45, 7) is 3.45. The van der Waals surface area contributed by atoms with Gasteiger partial charge in [0, 0.05) is 18.4 Å². The van der Waals surface area contributed by atoms with Crippen LogP contribution in [0.4, 0.5) is 0 Å². The molecule has 0 radical (unpaired) electrons. The molecule has 1 rings (SSSR count). The van der Waals surface area contributed by atoms with Crippen molar-refractivity contribution in [1.82, 2.24) is 0 Å². The van der Waals surface area contributed by atoms with E-state index in [9.17, 15) is 9.59 Å². The molecule has 0 aromatic carbocycles. The maximum atomic E-state index is 10.9. The number of rotatable bonds is 3. The molecule has 3 heteroatoms. The molecule has 0 aliphatic heterocycles. The summed E-state index contributed by atoms with van der Waals surface area (Å²) >= 11 is 0. The largest absolute Gasteiger partial charge is 0.478 e. The highest BCUT2D eigenvalue weighted by atomic mass is 16.4. The molecule has 1 fully saturated rings. The second kappa shape index (κ2) is 4.03. The highest BCUT2D eigenvalue weighted by Crippen LogP contribution is 2.28. The number of carboxylic acid groups (broad SMARTS) is 1. The Labute approximate surface area is 76.8 Å². The Morgan fingerprint density at radius 3 is 2.69 bits per heavy atom. The standard InChI is InChI=1S/C10H12O3/c1-2-3-9(10(12)13)7-4-5-8(11)6-7/h2-3,7H,1,4-6H2,(H,12,13). The van der Waals surface area contributed by atoms with Crippen molar-refractivity contribution in [3.8, 4) is 0 Å². The number of carboxylic acids is 1. The lowest BCUT2D eigenvalue weighted by molar-refractivity contribution is -0.133. The van der Waals surface area contributed by atoms with Crippen LogP contribution in [-0.4, -0.2) is 16.9 Å². The van der Waals surface area contributed by atoms with Crippen LogP contribution in [0.25, 0.3) is 0 Å². The second-order valence-corrected chi connectivity index (χ2v) is 3.14. The molecular formula is C10H12O3. The van der Waals surface area contributed by atoms with Crippen LogP contribution in [0.2, 0.25) is 0 Å². The molecule has 1 aliphatic carbocycles. The number of carbonyl (C=O) groups is 2. The first-order chi connectivity index (χ1) is 6.15. The van der Waals surface area contributed by atoms with E-state index in [-0.39, 0.29) is 11.7 Å². The van der Waals surface area contributed by atoms with Crippen molar-refractivity contribution in [2.24, 2.45) is 5.92 Å². The smallest absolute Gasteiger partial charge is 0.331 e. The van der Waals surface area contributed by atoms with Gasteiger partial charge in [-0.1, -0.05) is 18.7 Å². The first-order valence-electron chi connectivity index (χ1n) is 4.22. The Bertz CT molecular complexity index is 276. The molecule has 1 aliphatic rings. The predicted octanol–water partition coefficient (Wildman–Crippen LogP) is 1.55. The molecule has 1 saturated carbocycles. The summed E-state index contributed by atoms with van der Waals surface area (Å²) in [7, 11) is 0. The summed E-state index contributed by atoms with van der Waals surface area (Å²) in [5.74, 6) is -0.899. The summed E-state index contributed by atoms with van der Waals surface area (Å²) in [5.41, 5.74) is 0.306. The highest BCUT2D eigenvalue weighted by Gasteiger charge is 2.28. The number of hydrogen-bond donors (Lipinski definition) is 1. The van der Waals surface area contributed by atoms with Gasteiger partial charge in [0.15, 0.2) is 0 Å². The quantitative estimate of drug-likeness (QED) is 0.529. The number of allylic oxidation sites excluding steroid dienone is 2. The van der Waals surface area contributed by atoms with E-state index in [2.05, 4.69) is 6.58 Å². The molecule has 0 aromatic heterocycles. The van der Waals surface area contributed by atoms with Crippen LogP contribution >= 0.6 is 0 Å². The van der Waals surface area contributed by atoms with Crippen LogP contribution in [0.3, 0.4) is 0 Å². The minimum atomic E-state index is -0.945. The van der Waals surface area contributed by atoms with Crippen LogP contribution in [0, 0.1) is 5.92 Å². The second-order valence-electron chi connectivity index (χ2n) is 3.14. The Morgan fingerprint density at radius 2 is 2.31 bits per heavy atom. The van der Waals surface area contributed by atoms with Gasteiger partial charge in [-0.15, -0.1) is 0 Å². The number of Topliss-reactive ketones (excluding diaryl/α,β-unsaturated/α-hetero) is 1. The minimum Gasteiger partial charge on any atom is -0.478 e. The molecule has 0 heterocycles. The van der Waals surface area contributed by atoms with Gasteiger partial charge in [-0.3, -0.25) is 4.79 Å². The Hall–Kier alpha value is -1.38. The molecule has 1 atom stereocenters.